The Balaban J connectivity index is 2.09. The van der Waals surface area contributed by atoms with E-state index in [4.69, 9.17) is 5.73 Å². The number of hydrogen-bond donors (Lipinski definition) is 2. The van der Waals surface area contributed by atoms with E-state index < -0.39 is 6.10 Å². The number of aliphatic hydroxyl groups excluding tert-OH is 1. The predicted octanol–water partition coefficient (Wildman–Crippen LogP) is 4.15. The molecule has 1 fully saturated rings. The second-order valence-corrected chi connectivity index (χ2v) is 6.80. The highest BCUT2D eigenvalue weighted by molar-refractivity contribution is 9.13. The number of benzene rings is 1. The van der Waals surface area contributed by atoms with Gasteiger partial charge in [-0.3, -0.25) is 0 Å². The summed E-state index contributed by atoms with van der Waals surface area (Å²) < 4.78 is 1.98. The van der Waals surface area contributed by atoms with Gasteiger partial charge in [0.2, 0.25) is 0 Å². The number of nitrogens with two attached hydrogens (primary N) is 1. The van der Waals surface area contributed by atoms with Gasteiger partial charge in [-0.2, -0.15) is 0 Å². The van der Waals surface area contributed by atoms with Gasteiger partial charge in [0.05, 0.1) is 12.1 Å². The largest absolute Gasteiger partial charge is 0.391 e. The monoisotopic (exact) mass is 375 g/mol. The SMILES string of the molecule is N[C@H](c1ccc(Br)c(Br)c1)[C@@H](O)C1CCCCC1. The van der Waals surface area contributed by atoms with Crippen LogP contribution in [0.15, 0.2) is 27.1 Å². The van der Waals surface area contributed by atoms with E-state index in [1.807, 2.05) is 18.2 Å². The Morgan fingerprint density at radius 3 is 2.39 bits per heavy atom. The molecule has 0 bridgehead atoms. The third kappa shape index (κ3) is 3.35. The minimum absolute atomic E-state index is 0.294. The van der Waals surface area contributed by atoms with Gasteiger partial charge in [0.1, 0.15) is 0 Å². The van der Waals surface area contributed by atoms with Crippen LogP contribution in [0.2, 0.25) is 0 Å². The van der Waals surface area contributed by atoms with E-state index in [0.29, 0.717) is 5.92 Å². The molecule has 3 N–H and O–H groups in total. The second kappa shape index (κ2) is 6.51. The standard InChI is InChI=1S/C14H19Br2NO/c15-11-7-6-10(8-12(11)16)13(17)14(18)9-4-2-1-3-5-9/h6-9,13-14,18H,1-5,17H2/t13-,14+/m1/s1. The molecular weight excluding hydrogens is 358 g/mol. The maximum absolute atomic E-state index is 10.4. The van der Waals surface area contributed by atoms with Crippen molar-refractivity contribution in [2.75, 3.05) is 0 Å². The molecule has 1 aromatic rings. The zero-order valence-corrected chi connectivity index (χ0v) is 13.5. The normalized spacial score (nSPS) is 20.7. The van der Waals surface area contributed by atoms with Crippen molar-refractivity contribution in [3.63, 3.8) is 0 Å². The maximum atomic E-state index is 10.4. The Hall–Kier alpha value is 0.1000. The Kier molecular flexibility index (Phi) is 5.24. The summed E-state index contributed by atoms with van der Waals surface area (Å²) in [5, 5.41) is 10.4. The van der Waals surface area contributed by atoms with Crippen LogP contribution < -0.4 is 5.73 Å². The summed E-state index contributed by atoms with van der Waals surface area (Å²) in [7, 11) is 0. The van der Waals surface area contributed by atoms with E-state index in [0.717, 1.165) is 27.4 Å². The van der Waals surface area contributed by atoms with Crippen molar-refractivity contribution in [1.82, 2.24) is 0 Å². The summed E-state index contributed by atoms with van der Waals surface area (Å²) >= 11 is 6.92. The molecule has 2 rings (SSSR count). The molecule has 2 nitrogen and oxygen atoms in total. The van der Waals surface area contributed by atoms with Crippen molar-refractivity contribution in [3.8, 4) is 0 Å². The van der Waals surface area contributed by atoms with E-state index in [1.165, 1.54) is 19.3 Å². The fourth-order valence-electron chi connectivity index (χ4n) is 2.69. The number of hydrogen-bond acceptors (Lipinski definition) is 2. The van der Waals surface area contributed by atoms with Crippen molar-refractivity contribution in [2.24, 2.45) is 11.7 Å². The smallest absolute Gasteiger partial charge is 0.0760 e. The van der Waals surface area contributed by atoms with Gasteiger partial charge < -0.3 is 10.8 Å². The first-order chi connectivity index (χ1) is 8.59. The Labute approximate surface area is 125 Å². The van der Waals surface area contributed by atoms with E-state index in [1.54, 1.807) is 0 Å². The summed E-state index contributed by atoms with van der Waals surface area (Å²) in [5.74, 6) is 0.358. The van der Waals surface area contributed by atoms with E-state index in [2.05, 4.69) is 31.9 Å². The average molecular weight is 377 g/mol. The quantitative estimate of drug-likeness (QED) is 0.832. The zero-order valence-electron chi connectivity index (χ0n) is 10.3. The van der Waals surface area contributed by atoms with Crippen LogP contribution in [0.5, 0.6) is 0 Å². The Morgan fingerprint density at radius 2 is 1.78 bits per heavy atom. The molecule has 0 radical (unpaired) electrons. The van der Waals surface area contributed by atoms with E-state index in [9.17, 15) is 5.11 Å². The molecule has 100 valence electrons. The lowest BCUT2D eigenvalue weighted by Gasteiger charge is -2.30. The topological polar surface area (TPSA) is 46.2 Å². The third-order valence-corrected chi connectivity index (χ3v) is 5.71. The molecule has 0 amide bonds. The minimum Gasteiger partial charge on any atom is -0.391 e. The first-order valence-corrected chi connectivity index (χ1v) is 8.07. The average Bonchev–Trinajstić information content (AvgIpc) is 2.41. The molecule has 0 unspecified atom stereocenters. The first kappa shape index (κ1) is 14.5. The van der Waals surface area contributed by atoms with E-state index >= 15 is 0 Å². The Bertz CT molecular complexity index is 405. The first-order valence-electron chi connectivity index (χ1n) is 6.48. The molecule has 1 aliphatic rings. The van der Waals surface area contributed by atoms with Gasteiger partial charge >= 0.3 is 0 Å². The van der Waals surface area contributed by atoms with Gasteiger partial charge in [0, 0.05) is 8.95 Å². The van der Waals surface area contributed by atoms with Crippen LogP contribution in [-0.4, -0.2) is 11.2 Å². The van der Waals surface area contributed by atoms with Crippen molar-refractivity contribution in [3.05, 3.63) is 32.7 Å². The molecule has 1 aromatic carbocycles. The van der Waals surface area contributed by atoms with Gasteiger partial charge in [-0.1, -0.05) is 25.3 Å². The second-order valence-electron chi connectivity index (χ2n) is 5.09. The fraction of sp³-hybridized carbons (Fsp3) is 0.571. The van der Waals surface area contributed by atoms with Crippen LogP contribution in [0.3, 0.4) is 0 Å². The van der Waals surface area contributed by atoms with Crippen molar-refractivity contribution < 1.29 is 5.11 Å². The molecule has 0 aliphatic heterocycles. The fourth-order valence-corrected chi connectivity index (χ4v) is 3.33. The molecule has 0 saturated heterocycles. The van der Waals surface area contributed by atoms with Gasteiger partial charge in [-0.05, 0) is 68.3 Å². The van der Waals surface area contributed by atoms with Gasteiger partial charge in [0.15, 0.2) is 0 Å². The third-order valence-electron chi connectivity index (χ3n) is 3.83. The molecule has 0 spiro atoms. The number of aliphatic hydroxyl groups is 1. The van der Waals surface area contributed by atoms with Crippen LogP contribution in [0.25, 0.3) is 0 Å². The number of rotatable bonds is 3. The molecule has 0 heterocycles. The minimum atomic E-state index is -0.432. The molecule has 1 aliphatic carbocycles. The number of halogens is 2. The van der Waals surface area contributed by atoms with Crippen molar-refractivity contribution in [1.29, 1.82) is 0 Å². The molecule has 1 saturated carbocycles. The van der Waals surface area contributed by atoms with Crippen molar-refractivity contribution >= 4 is 31.9 Å². The van der Waals surface area contributed by atoms with Crippen LogP contribution in [-0.2, 0) is 0 Å². The summed E-state index contributed by atoms with van der Waals surface area (Å²) in [6.45, 7) is 0. The predicted molar refractivity (Wildman–Crippen MR) is 81.4 cm³/mol. The summed E-state index contributed by atoms with van der Waals surface area (Å²) in [6.07, 6.45) is 5.51. The molecule has 2 atom stereocenters. The van der Waals surface area contributed by atoms with Gasteiger partial charge in [0.25, 0.3) is 0 Å². The van der Waals surface area contributed by atoms with Crippen LogP contribution >= 0.6 is 31.9 Å². The molecule has 18 heavy (non-hydrogen) atoms. The lowest BCUT2D eigenvalue weighted by atomic mass is 9.81. The highest BCUT2D eigenvalue weighted by Gasteiger charge is 2.27. The summed E-state index contributed by atoms with van der Waals surface area (Å²) in [4.78, 5) is 0. The highest BCUT2D eigenvalue weighted by Crippen LogP contribution is 2.33. The highest BCUT2D eigenvalue weighted by atomic mass is 79.9. The lowest BCUT2D eigenvalue weighted by Crippen LogP contribution is -2.34. The summed E-state index contributed by atoms with van der Waals surface area (Å²) in [5.41, 5.74) is 7.19. The van der Waals surface area contributed by atoms with Gasteiger partial charge in [-0.25, -0.2) is 0 Å². The molecule has 0 aromatic heterocycles. The maximum Gasteiger partial charge on any atom is 0.0760 e. The summed E-state index contributed by atoms with van der Waals surface area (Å²) in [6, 6.07) is 5.64. The van der Waals surface area contributed by atoms with Crippen molar-refractivity contribution in [2.45, 2.75) is 44.2 Å². The van der Waals surface area contributed by atoms with Gasteiger partial charge in [-0.15, -0.1) is 0 Å². The van der Waals surface area contributed by atoms with Crippen LogP contribution in [0, 0.1) is 5.92 Å². The molecule has 4 heteroatoms. The molecular formula is C14H19Br2NO. The lowest BCUT2D eigenvalue weighted by molar-refractivity contribution is 0.0618. The zero-order chi connectivity index (χ0) is 13.1. The van der Waals surface area contributed by atoms with E-state index in [-0.39, 0.29) is 6.04 Å². The Morgan fingerprint density at radius 1 is 1.11 bits per heavy atom. The van der Waals surface area contributed by atoms with Crippen LogP contribution in [0.1, 0.15) is 43.7 Å². The van der Waals surface area contributed by atoms with Crippen LogP contribution in [0.4, 0.5) is 0 Å².